The maximum atomic E-state index is 11.6. The highest BCUT2D eigenvalue weighted by molar-refractivity contribution is 14.1. The van der Waals surface area contributed by atoms with Gasteiger partial charge in [0.15, 0.2) is 0 Å². The van der Waals surface area contributed by atoms with Gasteiger partial charge in [-0.15, -0.1) is 0 Å². The molecule has 5 nitrogen and oxygen atoms in total. The molecule has 6 heteroatoms. The predicted molar refractivity (Wildman–Crippen MR) is 72.6 cm³/mol. The van der Waals surface area contributed by atoms with Gasteiger partial charge in [-0.2, -0.15) is 0 Å². The molecule has 0 spiro atoms. The van der Waals surface area contributed by atoms with E-state index in [2.05, 4.69) is 15.2 Å². The minimum atomic E-state index is 0.0324. The van der Waals surface area contributed by atoms with Crippen molar-refractivity contribution < 1.29 is 0 Å². The number of halogens is 1. The fourth-order valence-electron chi connectivity index (χ4n) is 1.21. The third kappa shape index (κ3) is 4.58. The Labute approximate surface area is 109 Å². The summed E-state index contributed by atoms with van der Waals surface area (Å²) in [4.78, 5) is 17.7. The van der Waals surface area contributed by atoms with E-state index in [1.54, 1.807) is 17.1 Å². The first kappa shape index (κ1) is 13.6. The van der Waals surface area contributed by atoms with E-state index in [-0.39, 0.29) is 5.56 Å². The van der Waals surface area contributed by atoms with Crippen molar-refractivity contribution in [3.63, 3.8) is 0 Å². The van der Waals surface area contributed by atoms with Crippen LogP contribution in [0.25, 0.3) is 0 Å². The first-order valence-electron chi connectivity index (χ1n) is 5.16. The van der Waals surface area contributed by atoms with Crippen LogP contribution in [0.5, 0.6) is 0 Å². The average Bonchev–Trinajstić information content (AvgIpc) is 2.23. The lowest BCUT2D eigenvalue weighted by molar-refractivity contribution is 0.397. The highest BCUT2D eigenvalue weighted by Gasteiger charge is 1.99. The van der Waals surface area contributed by atoms with E-state index in [1.807, 2.05) is 36.7 Å². The number of nitrogens with zero attached hydrogens (tertiary/aromatic N) is 3. The first-order chi connectivity index (χ1) is 7.61. The molecule has 1 aromatic rings. The minimum Gasteiger partial charge on any atom is -0.314 e. The van der Waals surface area contributed by atoms with Crippen molar-refractivity contribution in [1.82, 2.24) is 19.8 Å². The normalized spacial score (nSPS) is 11.0. The summed E-state index contributed by atoms with van der Waals surface area (Å²) < 4.78 is 2.29. The van der Waals surface area contributed by atoms with Gasteiger partial charge in [0.2, 0.25) is 0 Å². The van der Waals surface area contributed by atoms with Crippen molar-refractivity contribution in [1.29, 1.82) is 0 Å². The number of rotatable bonds is 6. The predicted octanol–water partition coefficient (Wildman–Crippen LogP) is -0.000900. The Morgan fingerprint density at radius 2 is 2.25 bits per heavy atom. The lowest BCUT2D eigenvalue weighted by Gasteiger charge is -2.10. The van der Waals surface area contributed by atoms with Crippen LogP contribution in [0.1, 0.15) is 0 Å². The second kappa shape index (κ2) is 6.97. The van der Waals surface area contributed by atoms with E-state index in [4.69, 9.17) is 0 Å². The third-order valence-corrected chi connectivity index (χ3v) is 2.86. The van der Waals surface area contributed by atoms with Crippen LogP contribution in [0.15, 0.2) is 17.3 Å². The van der Waals surface area contributed by atoms with Crippen LogP contribution >= 0.6 is 22.6 Å². The zero-order valence-corrected chi connectivity index (χ0v) is 11.8. The molecule has 16 heavy (non-hydrogen) atoms. The Bertz CT molecular complexity index is 377. The number of hydrogen-bond donors (Lipinski definition) is 1. The zero-order valence-electron chi connectivity index (χ0n) is 9.61. The summed E-state index contributed by atoms with van der Waals surface area (Å²) in [5.74, 6) is 0. The number of likely N-dealkylation sites (N-methyl/N-ethyl adjacent to an activating group) is 1. The highest BCUT2D eigenvalue weighted by atomic mass is 127. The topological polar surface area (TPSA) is 50.2 Å². The Kier molecular flexibility index (Phi) is 5.93. The molecule has 0 unspecified atom stereocenters. The molecule has 0 aliphatic heterocycles. The minimum absolute atomic E-state index is 0.0324. The van der Waals surface area contributed by atoms with Gasteiger partial charge in [-0.3, -0.25) is 9.36 Å². The van der Waals surface area contributed by atoms with Crippen molar-refractivity contribution >= 4 is 22.6 Å². The van der Waals surface area contributed by atoms with Crippen LogP contribution in [-0.2, 0) is 6.54 Å². The smallest absolute Gasteiger partial charge is 0.266 e. The molecule has 0 aromatic carbocycles. The Morgan fingerprint density at radius 3 is 2.94 bits per heavy atom. The molecule has 0 saturated heterocycles. The lowest BCUT2D eigenvalue weighted by atomic mass is 10.5. The molecular weight excluding hydrogens is 319 g/mol. The fourth-order valence-corrected chi connectivity index (χ4v) is 1.68. The van der Waals surface area contributed by atoms with Gasteiger partial charge in [-0.25, -0.2) is 4.98 Å². The molecule has 90 valence electrons. The quantitative estimate of drug-likeness (QED) is 0.587. The zero-order chi connectivity index (χ0) is 12.0. The van der Waals surface area contributed by atoms with E-state index in [0.717, 1.165) is 19.6 Å². The standard InChI is InChI=1S/C10H17IN4O/c1-14(2)5-3-12-4-6-15-8-13-7-9(11)10(15)16/h7-8,12H,3-6H2,1-2H3. The van der Waals surface area contributed by atoms with Crippen molar-refractivity contribution in [2.24, 2.45) is 0 Å². The number of hydrogen-bond acceptors (Lipinski definition) is 4. The molecule has 1 heterocycles. The molecule has 0 aliphatic rings. The lowest BCUT2D eigenvalue weighted by Crippen LogP contribution is -2.32. The number of aromatic nitrogens is 2. The second-order valence-electron chi connectivity index (χ2n) is 3.79. The molecule has 0 fully saturated rings. The third-order valence-electron chi connectivity index (χ3n) is 2.12. The summed E-state index contributed by atoms with van der Waals surface area (Å²) in [5, 5.41) is 3.28. The van der Waals surface area contributed by atoms with Gasteiger partial charge < -0.3 is 10.2 Å². The summed E-state index contributed by atoms with van der Waals surface area (Å²) >= 11 is 2.00. The Balaban J connectivity index is 2.32. The van der Waals surface area contributed by atoms with Crippen molar-refractivity contribution in [3.05, 3.63) is 26.4 Å². The van der Waals surface area contributed by atoms with Gasteiger partial charge in [0, 0.05) is 32.4 Å². The van der Waals surface area contributed by atoms with Crippen LogP contribution in [0.4, 0.5) is 0 Å². The van der Waals surface area contributed by atoms with Gasteiger partial charge in [-0.1, -0.05) is 0 Å². The monoisotopic (exact) mass is 336 g/mol. The Hall–Kier alpha value is -0.470. The van der Waals surface area contributed by atoms with Crippen LogP contribution in [-0.4, -0.2) is 48.2 Å². The first-order valence-corrected chi connectivity index (χ1v) is 6.24. The summed E-state index contributed by atoms with van der Waals surface area (Å²) in [6.45, 7) is 3.38. The second-order valence-corrected chi connectivity index (χ2v) is 4.96. The molecule has 0 aliphatic carbocycles. The molecule has 0 amide bonds. The maximum absolute atomic E-state index is 11.6. The van der Waals surface area contributed by atoms with Crippen LogP contribution in [0.2, 0.25) is 0 Å². The highest BCUT2D eigenvalue weighted by Crippen LogP contribution is 1.92. The molecule has 1 rings (SSSR count). The molecule has 0 bridgehead atoms. The van der Waals surface area contributed by atoms with E-state index in [1.165, 1.54) is 0 Å². The summed E-state index contributed by atoms with van der Waals surface area (Å²) in [5.41, 5.74) is 0.0324. The molecule has 0 radical (unpaired) electrons. The molecular formula is C10H17IN4O. The van der Waals surface area contributed by atoms with Crippen LogP contribution in [0.3, 0.4) is 0 Å². The fraction of sp³-hybridized carbons (Fsp3) is 0.600. The van der Waals surface area contributed by atoms with Gasteiger partial charge in [0.25, 0.3) is 5.56 Å². The SMILES string of the molecule is CN(C)CCNCCn1cncc(I)c1=O. The number of nitrogens with one attached hydrogen (secondary N) is 1. The van der Waals surface area contributed by atoms with E-state index < -0.39 is 0 Å². The maximum Gasteiger partial charge on any atom is 0.266 e. The molecule has 0 atom stereocenters. The van der Waals surface area contributed by atoms with E-state index >= 15 is 0 Å². The van der Waals surface area contributed by atoms with Gasteiger partial charge >= 0.3 is 0 Å². The molecule has 0 saturated carbocycles. The largest absolute Gasteiger partial charge is 0.314 e. The van der Waals surface area contributed by atoms with Crippen LogP contribution in [0, 0.1) is 3.57 Å². The van der Waals surface area contributed by atoms with Crippen molar-refractivity contribution in [2.75, 3.05) is 33.7 Å². The van der Waals surface area contributed by atoms with Gasteiger partial charge in [0.05, 0.1) is 9.90 Å². The van der Waals surface area contributed by atoms with E-state index in [9.17, 15) is 4.79 Å². The Morgan fingerprint density at radius 1 is 1.50 bits per heavy atom. The summed E-state index contributed by atoms with van der Waals surface area (Å²) in [6, 6.07) is 0. The van der Waals surface area contributed by atoms with E-state index in [0.29, 0.717) is 10.1 Å². The van der Waals surface area contributed by atoms with Crippen LogP contribution < -0.4 is 10.9 Å². The molecule has 1 aromatic heterocycles. The van der Waals surface area contributed by atoms with Crippen molar-refractivity contribution in [3.8, 4) is 0 Å². The summed E-state index contributed by atoms with van der Waals surface area (Å²) in [6.07, 6.45) is 3.16. The van der Waals surface area contributed by atoms with Gasteiger partial charge in [-0.05, 0) is 36.7 Å². The molecule has 1 N–H and O–H groups in total. The summed E-state index contributed by atoms with van der Waals surface area (Å²) in [7, 11) is 4.07. The average molecular weight is 336 g/mol. The van der Waals surface area contributed by atoms with Gasteiger partial charge in [0.1, 0.15) is 0 Å². The van der Waals surface area contributed by atoms with Crippen molar-refractivity contribution in [2.45, 2.75) is 6.54 Å².